The van der Waals surface area contributed by atoms with Crippen LogP contribution in [0.1, 0.15) is 55.3 Å². The molecule has 0 bridgehead atoms. The Hall–Kier alpha value is -2.29. The van der Waals surface area contributed by atoms with E-state index < -0.39 is 6.09 Å². The lowest BCUT2D eigenvalue weighted by molar-refractivity contribution is 0.188. The van der Waals surface area contributed by atoms with Gasteiger partial charge >= 0.3 is 6.09 Å². The molecule has 1 aliphatic rings. The van der Waals surface area contributed by atoms with Crippen LogP contribution in [-0.2, 0) is 12.8 Å². The van der Waals surface area contributed by atoms with Gasteiger partial charge < -0.3 is 10.4 Å². The fraction of sp³-hybridized carbons (Fsp3) is 0.381. The van der Waals surface area contributed by atoms with Crippen molar-refractivity contribution in [1.29, 1.82) is 0 Å². The van der Waals surface area contributed by atoms with Crippen LogP contribution in [0.25, 0.3) is 11.1 Å². The van der Waals surface area contributed by atoms with E-state index in [0.717, 1.165) is 31.2 Å². The first-order valence-corrected chi connectivity index (χ1v) is 8.89. The summed E-state index contributed by atoms with van der Waals surface area (Å²) in [6.45, 7) is 2.22. The number of benzene rings is 2. The van der Waals surface area contributed by atoms with E-state index in [-0.39, 0.29) is 6.04 Å². The van der Waals surface area contributed by atoms with Crippen LogP contribution in [0.2, 0.25) is 0 Å². The Labute approximate surface area is 143 Å². The van der Waals surface area contributed by atoms with Gasteiger partial charge in [0.15, 0.2) is 0 Å². The molecule has 0 aliphatic heterocycles. The number of carboxylic acid groups (broad SMARTS) is 1. The summed E-state index contributed by atoms with van der Waals surface area (Å²) in [5.74, 6) is 0. The molecule has 3 rings (SSSR count). The standard InChI is InChI=1S/C21H25NO2/c1-2-3-5-15-8-10-16(11-9-15)17-12-13-19-18(14-17)6-4-7-20(19)22-21(23)24/h8-14,20,22H,2-7H2,1H3,(H,23,24). The SMILES string of the molecule is CCCCc1ccc(-c2ccc3c(c2)CCCC3NC(=O)O)cc1. The van der Waals surface area contributed by atoms with Gasteiger partial charge in [0.05, 0.1) is 6.04 Å². The predicted molar refractivity (Wildman–Crippen MR) is 97.3 cm³/mol. The summed E-state index contributed by atoms with van der Waals surface area (Å²) >= 11 is 0. The van der Waals surface area contributed by atoms with Gasteiger partial charge in [0, 0.05) is 0 Å². The number of aryl methyl sites for hydroxylation is 2. The lowest BCUT2D eigenvalue weighted by Crippen LogP contribution is -2.29. The van der Waals surface area contributed by atoms with E-state index in [0.29, 0.717) is 0 Å². The molecule has 0 aromatic heterocycles. The highest BCUT2D eigenvalue weighted by Gasteiger charge is 2.21. The number of carbonyl (C=O) groups is 1. The number of rotatable bonds is 5. The molecule has 2 N–H and O–H groups in total. The third kappa shape index (κ3) is 3.78. The van der Waals surface area contributed by atoms with Crippen LogP contribution < -0.4 is 5.32 Å². The summed E-state index contributed by atoms with van der Waals surface area (Å²) in [4.78, 5) is 11.0. The molecule has 0 fully saturated rings. The monoisotopic (exact) mass is 323 g/mol. The van der Waals surface area contributed by atoms with Crippen molar-refractivity contribution in [3.8, 4) is 11.1 Å². The van der Waals surface area contributed by atoms with Gasteiger partial charge in [-0.2, -0.15) is 0 Å². The molecule has 0 saturated heterocycles. The highest BCUT2D eigenvalue weighted by atomic mass is 16.4. The molecule has 0 radical (unpaired) electrons. The van der Waals surface area contributed by atoms with Gasteiger partial charge in [0.2, 0.25) is 0 Å². The van der Waals surface area contributed by atoms with E-state index in [4.69, 9.17) is 5.11 Å². The lowest BCUT2D eigenvalue weighted by Gasteiger charge is -2.26. The molecule has 1 atom stereocenters. The van der Waals surface area contributed by atoms with Gasteiger partial charge in [-0.1, -0.05) is 55.8 Å². The van der Waals surface area contributed by atoms with Crippen molar-refractivity contribution in [3.63, 3.8) is 0 Å². The fourth-order valence-electron chi connectivity index (χ4n) is 3.54. The molecule has 3 nitrogen and oxygen atoms in total. The van der Waals surface area contributed by atoms with E-state index in [2.05, 4.69) is 54.7 Å². The summed E-state index contributed by atoms with van der Waals surface area (Å²) in [6.07, 6.45) is 5.58. The van der Waals surface area contributed by atoms with Crippen molar-refractivity contribution >= 4 is 6.09 Å². The first kappa shape index (κ1) is 16.6. The number of hydrogen-bond acceptors (Lipinski definition) is 1. The van der Waals surface area contributed by atoms with Gasteiger partial charge in [0.25, 0.3) is 0 Å². The second-order valence-corrected chi connectivity index (χ2v) is 6.61. The highest BCUT2D eigenvalue weighted by molar-refractivity contribution is 5.67. The molecule has 0 spiro atoms. The minimum Gasteiger partial charge on any atom is -0.465 e. The zero-order valence-corrected chi connectivity index (χ0v) is 14.2. The fourth-order valence-corrected chi connectivity index (χ4v) is 3.54. The Morgan fingerprint density at radius 3 is 2.62 bits per heavy atom. The quantitative estimate of drug-likeness (QED) is 0.780. The second-order valence-electron chi connectivity index (χ2n) is 6.61. The van der Waals surface area contributed by atoms with E-state index in [1.54, 1.807) is 0 Å². The summed E-state index contributed by atoms with van der Waals surface area (Å²) in [5, 5.41) is 11.6. The Morgan fingerprint density at radius 1 is 1.17 bits per heavy atom. The molecule has 1 unspecified atom stereocenters. The third-order valence-corrected chi connectivity index (χ3v) is 4.86. The van der Waals surface area contributed by atoms with Gasteiger partial charge in [-0.15, -0.1) is 0 Å². The van der Waals surface area contributed by atoms with Crippen molar-refractivity contribution in [2.45, 2.75) is 51.5 Å². The molecule has 2 aromatic carbocycles. The van der Waals surface area contributed by atoms with Gasteiger partial charge in [0.1, 0.15) is 0 Å². The zero-order valence-electron chi connectivity index (χ0n) is 14.2. The van der Waals surface area contributed by atoms with Crippen LogP contribution in [0, 0.1) is 0 Å². The largest absolute Gasteiger partial charge is 0.465 e. The van der Waals surface area contributed by atoms with Crippen molar-refractivity contribution in [2.24, 2.45) is 0 Å². The summed E-state index contributed by atoms with van der Waals surface area (Å²) in [7, 11) is 0. The van der Waals surface area contributed by atoms with Crippen molar-refractivity contribution in [3.05, 3.63) is 59.2 Å². The van der Waals surface area contributed by atoms with Gasteiger partial charge in [-0.3, -0.25) is 0 Å². The Kier molecular flexibility index (Phi) is 5.19. The summed E-state index contributed by atoms with van der Waals surface area (Å²) in [6, 6.07) is 15.2. The molecule has 24 heavy (non-hydrogen) atoms. The maximum Gasteiger partial charge on any atom is 0.405 e. The van der Waals surface area contributed by atoms with E-state index >= 15 is 0 Å². The van der Waals surface area contributed by atoms with E-state index in [9.17, 15) is 4.79 Å². The average molecular weight is 323 g/mol. The molecule has 126 valence electrons. The van der Waals surface area contributed by atoms with Gasteiger partial charge in [-0.05, 0) is 59.9 Å². The molecular weight excluding hydrogens is 298 g/mol. The van der Waals surface area contributed by atoms with Crippen LogP contribution >= 0.6 is 0 Å². The smallest absolute Gasteiger partial charge is 0.405 e. The molecule has 1 amide bonds. The number of fused-ring (bicyclic) bond motifs is 1. The first-order chi connectivity index (χ1) is 11.7. The minimum atomic E-state index is -0.945. The highest BCUT2D eigenvalue weighted by Crippen LogP contribution is 2.33. The van der Waals surface area contributed by atoms with E-state index in [1.807, 2.05) is 0 Å². The van der Waals surface area contributed by atoms with Crippen LogP contribution in [0.3, 0.4) is 0 Å². The molecule has 1 aliphatic carbocycles. The first-order valence-electron chi connectivity index (χ1n) is 8.89. The lowest BCUT2D eigenvalue weighted by atomic mass is 9.85. The third-order valence-electron chi connectivity index (χ3n) is 4.86. The molecule has 2 aromatic rings. The molecule has 0 saturated carbocycles. The van der Waals surface area contributed by atoms with Crippen LogP contribution in [0.4, 0.5) is 4.79 Å². The maximum absolute atomic E-state index is 11.0. The normalized spacial score (nSPS) is 16.5. The Bertz CT molecular complexity index is 706. The number of amides is 1. The second kappa shape index (κ2) is 7.52. The predicted octanol–water partition coefficient (Wildman–Crippen LogP) is 5.34. The average Bonchev–Trinajstić information content (AvgIpc) is 2.60. The Balaban J connectivity index is 1.81. The van der Waals surface area contributed by atoms with Crippen molar-refractivity contribution in [1.82, 2.24) is 5.32 Å². The molecular formula is C21H25NO2. The van der Waals surface area contributed by atoms with Crippen LogP contribution in [-0.4, -0.2) is 11.2 Å². The molecule has 0 heterocycles. The zero-order chi connectivity index (χ0) is 16.9. The summed E-state index contributed by atoms with van der Waals surface area (Å²) in [5.41, 5.74) is 6.24. The summed E-state index contributed by atoms with van der Waals surface area (Å²) < 4.78 is 0. The van der Waals surface area contributed by atoms with Crippen LogP contribution in [0.15, 0.2) is 42.5 Å². The maximum atomic E-state index is 11.0. The molecule has 3 heteroatoms. The number of unbranched alkanes of at least 4 members (excludes halogenated alkanes) is 1. The van der Waals surface area contributed by atoms with E-state index in [1.165, 1.54) is 35.1 Å². The Morgan fingerprint density at radius 2 is 1.92 bits per heavy atom. The number of hydrogen-bond donors (Lipinski definition) is 2. The van der Waals surface area contributed by atoms with Gasteiger partial charge in [-0.25, -0.2) is 4.79 Å². The van der Waals surface area contributed by atoms with Crippen LogP contribution in [0.5, 0.6) is 0 Å². The van der Waals surface area contributed by atoms with Crippen molar-refractivity contribution < 1.29 is 9.90 Å². The minimum absolute atomic E-state index is 0.0725. The van der Waals surface area contributed by atoms with Crippen molar-refractivity contribution in [2.75, 3.05) is 0 Å². The number of nitrogens with one attached hydrogen (secondary N) is 1. The topological polar surface area (TPSA) is 49.3 Å².